The first-order chi connectivity index (χ1) is 6.17. The number of carbonyl (C=O) groups is 2. The van der Waals surface area contributed by atoms with Gasteiger partial charge in [-0.05, 0) is 6.08 Å². The van der Waals surface area contributed by atoms with E-state index < -0.39 is 16.7 Å². The summed E-state index contributed by atoms with van der Waals surface area (Å²) in [6.45, 7) is 0. The third-order valence-electron chi connectivity index (χ3n) is 1.74. The largest absolute Gasteiger partial charge is 0.467 e. The molecule has 0 saturated carbocycles. The molecule has 1 aliphatic rings. The monoisotopic (exact) mass is 202 g/mol. The molecule has 0 spiro atoms. The van der Waals surface area contributed by atoms with Gasteiger partial charge in [-0.2, -0.15) is 0 Å². The predicted octanol–water partition coefficient (Wildman–Crippen LogP) is 0.374. The number of ether oxygens (including phenoxy) is 2. The van der Waals surface area contributed by atoms with Gasteiger partial charge in [-0.15, -0.1) is 11.8 Å². The Morgan fingerprint density at radius 3 is 2.15 bits per heavy atom. The summed E-state index contributed by atoms with van der Waals surface area (Å²) >= 11 is 1.19. The molecule has 0 amide bonds. The van der Waals surface area contributed by atoms with Crippen LogP contribution in [0, 0.1) is 0 Å². The zero-order valence-electron chi connectivity index (χ0n) is 7.40. The first-order valence-electron chi connectivity index (χ1n) is 3.66. The highest BCUT2D eigenvalue weighted by atomic mass is 32.2. The minimum Gasteiger partial charge on any atom is -0.467 e. The van der Waals surface area contributed by atoms with Crippen molar-refractivity contribution in [2.24, 2.45) is 0 Å². The van der Waals surface area contributed by atoms with Crippen molar-refractivity contribution in [3.05, 3.63) is 12.2 Å². The van der Waals surface area contributed by atoms with E-state index in [-0.39, 0.29) is 0 Å². The SMILES string of the molecule is COC(=O)C1(C(=O)OC)C=CCS1. The molecule has 0 fully saturated rings. The van der Waals surface area contributed by atoms with E-state index in [0.29, 0.717) is 5.75 Å². The Balaban J connectivity index is 2.94. The molecule has 0 aromatic carbocycles. The number of rotatable bonds is 2. The summed E-state index contributed by atoms with van der Waals surface area (Å²) in [5, 5.41) is 0. The van der Waals surface area contributed by atoms with E-state index in [2.05, 4.69) is 9.47 Å². The van der Waals surface area contributed by atoms with E-state index >= 15 is 0 Å². The van der Waals surface area contributed by atoms with Crippen molar-refractivity contribution in [3.63, 3.8) is 0 Å². The molecule has 1 aliphatic heterocycles. The number of hydrogen-bond acceptors (Lipinski definition) is 5. The molecule has 4 nitrogen and oxygen atoms in total. The van der Waals surface area contributed by atoms with E-state index in [1.807, 2.05) is 0 Å². The summed E-state index contributed by atoms with van der Waals surface area (Å²) in [5.41, 5.74) is 0. The smallest absolute Gasteiger partial charge is 0.337 e. The molecule has 0 saturated heterocycles. The average molecular weight is 202 g/mol. The Kier molecular flexibility index (Phi) is 2.98. The molecular formula is C8H10O4S. The zero-order chi connectivity index (χ0) is 9.90. The van der Waals surface area contributed by atoms with E-state index in [9.17, 15) is 9.59 Å². The molecule has 0 N–H and O–H groups in total. The van der Waals surface area contributed by atoms with E-state index in [1.54, 1.807) is 6.08 Å². The van der Waals surface area contributed by atoms with Crippen molar-refractivity contribution < 1.29 is 19.1 Å². The van der Waals surface area contributed by atoms with Crippen LogP contribution in [0.1, 0.15) is 0 Å². The van der Waals surface area contributed by atoms with Crippen molar-refractivity contribution >= 4 is 23.7 Å². The van der Waals surface area contributed by atoms with Crippen LogP contribution >= 0.6 is 11.8 Å². The topological polar surface area (TPSA) is 52.6 Å². The quantitative estimate of drug-likeness (QED) is 0.368. The maximum atomic E-state index is 11.3. The lowest BCUT2D eigenvalue weighted by Gasteiger charge is -2.19. The molecule has 5 heteroatoms. The van der Waals surface area contributed by atoms with Gasteiger partial charge >= 0.3 is 11.9 Å². The minimum absolute atomic E-state index is 0.585. The Hall–Kier alpha value is -0.970. The molecule has 1 heterocycles. The summed E-state index contributed by atoms with van der Waals surface area (Å²) < 4.78 is 7.82. The third-order valence-corrected chi connectivity index (χ3v) is 3.02. The Bertz CT molecular complexity index is 243. The van der Waals surface area contributed by atoms with Crippen LogP contribution in [-0.4, -0.2) is 36.7 Å². The Morgan fingerprint density at radius 2 is 1.85 bits per heavy atom. The fraction of sp³-hybridized carbons (Fsp3) is 0.500. The standard InChI is InChI=1S/C8H10O4S/c1-11-6(9)8(7(10)12-2)4-3-5-13-8/h3-4H,5H2,1-2H3. The lowest BCUT2D eigenvalue weighted by Crippen LogP contribution is -2.42. The maximum absolute atomic E-state index is 11.3. The molecular weight excluding hydrogens is 192 g/mol. The second-order valence-corrected chi connectivity index (χ2v) is 3.70. The van der Waals surface area contributed by atoms with Crippen molar-refractivity contribution in [3.8, 4) is 0 Å². The molecule has 0 bridgehead atoms. The van der Waals surface area contributed by atoms with Gasteiger partial charge in [0.15, 0.2) is 0 Å². The second kappa shape index (κ2) is 3.83. The number of esters is 2. The molecule has 0 aliphatic carbocycles. The fourth-order valence-electron chi connectivity index (χ4n) is 1.08. The Labute approximate surface area is 80.3 Å². The highest BCUT2D eigenvalue weighted by molar-refractivity contribution is 8.02. The van der Waals surface area contributed by atoms with Crippen molar-refractivity contribution in [2.45, 2.75) is 4.75 Å². The number of thioether (sulfide) groups is 1. The van der Waals surface area contributed by atoms with Gasteiger partial charge in [0.1, 0.15) is 0 Å². The summed E-state index contributed by atoms with van der Waals surface area (Å²) in [6.07, 6.45) is 3.27. The highest BCUT2D eigenvalue weighted by Gasteiger charge is 2.48. The van der Waals surface area contributed by atoms with Gasteiger partial charge in [0, 0.05) is 5.75 Å². The molecule has 0 aromatic rings. The van der Waals surface area contributed by atoms with Gasteiger partial charge in [0.2, 0.25) is 4.75 Å². The van der Waals surface area contributed by atoms with Gasteiger partial charge in [0.05, 0.1) is 14.2 Å². The third kappa shape index (κ3) is 1.56. The summed E-state index contributed by atoms with van der Waals surface area (Å²) in [7, 11) is 2.50. The Morgan fingerprint density at radius 1 is 1.31 bits per heavy atom. The van der Waals surface area contributed by atoms with Gasteiger partial charge in [-0.3, -0.25) is 0 Å². The molecule has 0 atom stereocenters. The van der Waals surface area contributed by atoms with Crippen molar-refractivity contribution in [2.75, 3.05) is 20.0 Å². The summed E-state index contributed by atoms with van der Waals surface area (Å²) in [5.74, 6) is -0.555. The van der Waals surface area contributed by atoms with Crippen LogP contribution in [0.25, 0.3) is 0 Å². The zero-order valence-corrected chi connectivity index (χ0v) is 8.22. The highest BCUT2D eigenvalue weighted by Crippen LogP contribution is 2.34. The first-order valence-corrected chi connectivity index (χ1v) is 4.64. The number of carbonyl (C=O) groups excluding carboxylic acids is 2. The van der Waals surface area contributed by atoms with Gasteiger partial charge in [-0.25, -0.2) is 9.59 Å². The first kappa shape index (κ1) is 10.1. The van der Waals surface area contributed by atoms with Crippen LogP contribution in [0.3, 0.4) is 0 Å². The van der Waals surface area contributed by atoms with E-state index in [1.165, 1.54) is 32.1 Å². The maximum Gasteiger partial charge on any atom is 0.337 e. The van der Waals surface area contributed by atoms with Crippen molar-refractivity contribution in [1.29, 1.82) is 0 Å². The lowest BCUT2D eigenvalue weighted by atomic mass is 10.1. The van der Waals surface area contributed by atoms with E-state index in [4.69, 9.17) is 0 Å². The van der Waals surface area contributed by atoms with Gasteiger partial charge in [-0.1, -0.05) is 6.08 Å². The van der Waals surface area contributed by atoms with Crippen LogP contribution in [0.4, 0.5) is 0 Å². The minimum atomic E-state index is -1.27. The average Bonchev–Trinajstić information content (AvgIpc) is 2.65. The van der Waals surface area contributed by atoms with E-state index in [0.717, 1.165) is 0 Å². The molecule has 72 valence electrons. The summed E-state index contributed by atoms with van der Waals surface area (Å²) in [4.78, 5) is 22.7. The molecule has 1 rings (SSSR count). The van der Waals surface area contributed by atoms with Crippen LogP contribution in [0.5, 0.6) is 0 Å². The number of methoxy groups -OCH3 is 2. The van der Waals surface area contributed by atoms with Crippen LogP contribution in [0.15, 0.2) is 12.2 Å². The van der Waals surface area contributed by atoms with Crippen LogP contribution < -0.4 is 0 Å². The van der Waals surface area contributed by atoms with Gasteiger partial charge in [0.25, 0.3) is 0 Å². The second-order valence-electron chi connectivity index (χ2n) is 2.43. The normalized spacial score (nSPS) is 18.3. The predicted molar refractivity (Wildman–Crippen MR) is 48.4 cm³/mol. The lowest BCUT2D eigenvalue weighted by molar-refractivity contribution is -0.153. The van der Waals surface area contributed by atoms with Crippen molar-refractivity contribution in [1.82, 2.24) is 0 Å². The van der Waals surface area contributed by atoms with Crippen LogP contribution in [0.2, 0.25) is 0 Å². The number of hydrogen-bond donors (Lipinski definition) is 0. The molecule has 0 unspecified atom stereocenters. The molecule has 0 aromatic heterocycles. The molecule has 0 radical (unpaired) electrons. The molecule has 13 heavy (non-hydrogen) atoms. The summed E-state index contributed by atoms with van der Waals surface area (Å²) in [6, 6.07) is 0. The fourth-order valence-corrected chi connectivity index (χ4v) is 2.13. The van der Waals surface area contributed by atoms with Crippen LogP contribution in [-0.2, 0) is 19.1 Å². The van der Waals surface area contributed by atoms with Gasteiger partial charge < -0.3 is 9.47 Å².